The van der Waals surface area contributed by atoms with E-state index in [1.165, 1.54) is 0 Å². The minimum atomic E-state index is 0.0619. The molecule has 70 valence electrons. The predicted molar refractivity (Wildman–Crippen MR) is 49.2 cm³/mol. The number of hydrogen-bond acceptors (Lipinski definition) is 4. The second-order valence-corrected chi connectivity index (χ2v) is 3.51. The highest BCUT2D eigenvalue weighted by molar-refractivity contribution is 14.1. The van der Waals surface area contributed by atoms with Crippen LogP contribution in [0.5, 0.6) is 0 Å². The van der Waals surface area contributed by atoms with E-state index in [1.807, 2.05) is 23.0 Å². The van der Waals surface area contributed by atoms with Gasteiger partial charge in [0.15, 0.2) is 0 Å². The molecule has 2 rings (SSSR count). The topological polar surface area (TPSA) is 36.9 Å². The molecule has 0 aromatic rings. The first-order valence-electron chi connectivity index (χ1n) is 3.90. The molecule has 0 aliphatic carbocycles. The van der Waals surface area contributed by atoms with Crippen molar-refractivity contribution in [1.82, 2.24) is 0 Å². The number of methoxy groups -OCH3 is 1. The molecule has 4 unspecified atom stereocenters. The molecule has 0 N–H and O–H groups in total. The summed E-state index contributed by atoms with van der Waals surface area (Å²) in [4.78, 5) is 0. The van der Waals surface area contributed by atoms with Crippen LogP contribution in [0.15, 0.2) is 0 Å². The Labute approximate surface area is 85.2 Å². The van der Waals surface area contributed by atoms with E-state index in [4.69, 9.17) is 17.3 Å². The van der Waals surface area contributed by atoms with Gasteiger partial charge < -0.3 is 17.3 Å². The molecule has 2 saturated heterocycles. The first-order valence-corrected chi connectivity index (χ1v) is 4.78. The summed E-state index contributed by atoms with van der Waals surface area (Å²) in [5.41, 5.74) is 0. The van der Waals surface area contributed by atoms with Crippen LogP contribution in [-0.4, -0.2) is 44.7 Å². The van der Waals surface area contributed by atoms with E-state index in [0.29, 0.717) is 13.2 Å². The molecule has 0 bridgehead atoms. The second-order valence-electron chi connectivity index (χ2n) is 3.00. The van der Waals surface area contributed by atoms with E-state index < -0.39 is 0 Å². The molecule has 0 spiro atoms. The number of fused-ring (bicyclic) bond motifs is 1. The fraction of sp³-hybridized carbons (Fsp3) is 1.00. The Morgan fingerprint density at radius 2 is 1.75 bits per heavy atom. The molecule has 0 aromatic carbocycles. The Balaban J connectivity index is 2.01. The van der Waals surface area contributed by atoms with Gasteiger partial charge in [-0.1, -0.05) is 0 Å². The maximum atomic E-state index is 5.50. The van der Waals surface area contributed by atoms with E-state index in [9.17, 15) is 0 Å². The molecule has 0 saturated carbocycles. The number of hydrogen-bond donors (Lipinski definition) is 0. The molecule has 2 fully saturated rings. The fourth-order valence-electron chi connectivity index (χ4n) is 1.71. The summed E-state index contributed by atoms with van der Waals surface area (Å²) in [5.74, 6) is 0. The lowest BCUT2D eigenvalue weighted by Crippen LogP contribution is -2.32. The van der Waals surface area contributed by atoms with Crippen molar-refractivity contribution in [1.29, 1.82) is 0 Å². The normalized spacial score (nSPS) is 46.5. The van der Waals surface area contributed by atoms with E-state index in [2.05, 4.69) is 0 Å². The minimum Gasteiger partial charge on any atom is -0.376 e. The van der Waals surface area contributed by atoms with Gasteiger partial charge in [0.2, 0.25) is 0 Å². The predicted octanol–water partition coefficient (Wildman–Crippen LogP) is 0.534. The van der Waals surface area contributed by atoms with Crippen molar-refractivity contribution in [3.8, 4) is 0 Å². The summed E-state index contributed by atoms with van der Waals surface area (Å²) in [7, 11) is 1.68. The van der Waals surface area contributed by atoms with Crippen LogP contribution in [0.2, 0.25) is 0 Å². The Kier molecular flexibility index (Phi) is 2.85. The molecule has 12 heavy (non-hydrogen) atoms. The highest BCUT2D eigenvalue weighted by atomic mass is 127. The van der Waals surface area contributed by atoms with Crippen LogP contribution in [0.3, 0.4) is 0 Å². The minimum absolute atomic E-state index is 0.0619. The van der Waals surface area contributed by atoms with Crippen molar-refractivity contribution < 1.29 is 17.3 Å². The van der Waals surface area contributed by atoms with E-state index >= 15 is 0 Å². The molecule has 2 aliphatic rings. The first-order chi connectivity index (χ1) is 5.86. The van der Waals surface area contributed by atoms with Crippen molar-refractivity contribution in [3.05, 3.63) is 0 Å². The third-order valence-electron chi connectivity index (χ3n) is 2.38. The zero-order valence-electron chi connectivity index (χ0n) is 6.73. The third-order valence-corrected chi connectivity index (χ3v) is 3.03. The van der Waals surface area contributed by atoms with Gasteiger partial charge in [-0.25, -0.2) is 0 Å². The van der Waals surface area contributed by atoms with Crippen LogP contribution in [0.1, 0.15) is 0 Å². The van der Waals surface area contributed by atoms with Gasteiger partial charge in [0.1, 0.15) is 47.4 Å². The SMILES string of the molecule is COC1COC2C(OI)COC12. The van der Waals surface area contributed by atoms with Crippen molar-refractivity contribution in [2.75, 3.05) is 20.3 Å². The molecule has 2 heterocycles. The Hall–Kier alpha value is 0.570. The van der Waals surface area contributed by atoms with E-state index in [0.717, 1.165) is 0 Å². The lowest BCUT2D eigenvalue weighted by Gasteiger charge is -2.13. The van der Waals surface area contributed by atoms with Gasteiger partial charge in [0.25, 0.3) is 0 Å². The summed E-state index contributed by atoms with van der Waals surface area (Å²) in [6.45, 7) is 1.22. The monoisotopic (exact) mass is 286 g/mol. The molecule has 5 heteroatoms. The standard InChI is InChI=1S/C7H11IO4/c1-9-4-2-10-7-5(12-8)3-11-6(4)7/h4-7H,2-3H2,1H3. The Morgan fingerprint density at radius 3 is 2.33 bits per heavy atom. The zero-order chi connectivity index (χ0) is 8.55. The van der Waals surface area contributed by atoms with Crippen molar-refractivity contribution in [2.45, 2.75) is 24.4 Å². The van der Waals surface area contributed by atoms with Crippen LogP contribution in [0.25, 0.3) is 0 Å². The molecule has 4 atom stereocenters. The maximum absolute atomic E-state index is 5.50. The maximum Gasteiger partial charge on any atom is 0.122 e. The lowest BCUT2D eigenvalue weighted by atomic mass is 10.1. The van der Waals surface area contributed by atoms with E-state index in [-0.39, 0.29) is 24.4 Å². The smallest absolute Gasteiger partial charge is 0.122 e. The third kappa shape index (κ3) is 1.37. The quantitative estimate of drug-likeness (QED) is 0.694. The molecule has 4 nitrogen and oxygen atoms in total. The Morgan fingerprint density at radius 1 is 1.17 bits per heavy atom. The fourth-order valence-corrected chi connectivity index (χ4v) is 2.14. The second kappa shape index (κ2) is 3.75. The number of rotatable bonds is 2. The summed E-state index contributed by atoms with van der Waals surface area (Å²) in [5, 5.41) is 0. The molecule has 0 aromatic heterocycles. The molecule has 0 amide bonds. The van der Waals surface area contributed by atoms with Crippen molar-refractivity contribution in [2.24, 2.45) is 0 Å². The molecule has 2 aliphatic heterocycles. The van der Waals surface area contributed by atoms with Crippen LogP contribution < -0.4 is 0 Å². The average molecular weight is 286 g/mol. The summed E-state index contributed by atoms with van der Waals surface area (Å²) in [6, 6.07) is 0. The van der Waals surface area contributed by atoms with Gasteiger partial charge in [0.05, 0.1) is 13.2 Å². The van der Waals surface area contributed by atoms with Gasteiger partial charge in [0, 0.05) is 7.11 Å². The largest absolute Gasteiger partial charge is 0.376 e. The van der Waals surface area contributed by atoms with Gasteiger partial charge in [-0.3, -0.25) is 0 Å². The molecular formula is C7H11IO4. The lowest BCUT2D eigenvalue weighted by molar-refractivity contribution is -0.0113. The summed E-state index contributed by atoms with van der Waals surface area (Å²) >= 11 is 1.88. The summed E-state index contributed by atoms with van der Waals surface area (Å²) in [6.07, 6.45) is 0.268. The van der Waals surface area contributed by atoms with Crippen molar-refractivity contribution >= 4 is 23.0 Å². The van der Waals surface area contributed by atoms with Crippen LogP contribution in [-0.2, 0) is 17.3 Å². The van der Waals surface area contributed by atoms with Crippen LogP contribution in [0, 0.1) is 0 Å². The zero-order valence-corrected chi connectivity index (χ0v) is 8.89. The number of ether oxygens (including phenoxy) is 3. The summed E-state index contributed by atoms with van der Waals surface area (Å²) < 4.78 is 21.4. The molecule has 0 radical (unpaired) electrons. The number of halogens is 1. The Bertz CT molecular complexity index is 147. The highest BCUT2D eigenvalue weighted by Gasteiger charge is 2.48. The average Bonchev–Trinajstić information content (AvgIpc) is 2.62. The first kappa shape index (κ1) is 9.14. The van der Waals surface area contributed by atoms with Crippen LogP contribution in [0.4, 0.5) is 0 Å². The van der Waals surface area contributed by atoms with Gasteiger partial charge >= 0.3 is 0 Å². The van der Waals surface area contributed by atoms with Gasteiger partial charge in [-0.05, 0) is 0 Å². The van der Waals surface area contributed by atoms with Crippen molar-refractivity contribution in [3.63, 3.8) is 0 Å². The van der Waals surface area contributed by atoms with Crippen LogP contribution >= 0.6 is 23.0 Å². The van der Waals surface area contributed by atoms with Gasteiger partial charge in [-0.15, -0.1) is 0 Å². The van der Waals surface area contributed by atoms with E-state index in [1.54, 1.807) is 7.11 Å². The van der Waals surface area contributed by atoms with Gasteiger partial charge in [-0.2, -0.15) is 0 Å². The molecular weight excluding hydrogens is 275 g/mol. The highest BCUT2D eigenvalue weighted by Crippen LogP contribution is 2.30.